The van der Waals surface area contributed by atoms with Gasteiger partial charge < -0.3 is 4.52 Å². The molecule has 0 aliphatic heterocycles. The number of benzene rings is 1. The SMILES string of the molecule is ClC(Cl)(Cl)c1noc2ccccc12. The van der Waals surface area contributed by atoms with Crippen molar-refractivity contribution in [2.45, 2.75) is 3.79 Å². The van der Waals surface area contributed by atoms with Crippen molar-refractivity contribution in [3.63, 3.8) is 0 Å². The fraction of sp³-hybridized carbons (Fsp3) is 0.125. The standard InChI is InChI=1S/C8H4Cl3NO/c9-8(10,11)7-5-3-1-2-4-6(5)13-12-7/h1-4H. The van der Waals surface area contributed by atoms with Crippen molar-refractivity contribution in [1.82, 2.24) is 5.16 Å². The Balaban J connectivity index is 2.72. The minimum absolute atomic E-state index is 0.327. The number of alkyl halides is 3. The monoisotopic (exact) mass is 235 g/mol. The summed E-state index contributed by atoms with van der Waals surface area (Å²) in [5.41, 5.74) is 0.942. The zero-order chi connectivity index (χ0) is 9.47. The first kappa shape index (κ1) is 9.13. The third-order valence-electron chi connectivity index (χ3n) is 1.65. The lowest BCUT2D eigenvalue weighted by atomic mass is 10.2. The molecule has 0 amide bonds. The van der Waals surface area contributed by atoms with E-state index in [9.17, 15) is 0 Å². The molecule has 0 saturated heterocycles. The molecular formula is C8H4Cl3NO. The molecule has 0 radical (unpaired) electrons. The van der Waals surface area contributed by atoms with Crippen molar-refractivity contribution < 1.29 is 4.52 Å². The largest absolute Gasteiger partial charge is 0.356 e. The average molecular weight is 236 g/mol. The molecule has 0 N–H and O–H groups in total. The van der Waals surface area contributed by atoms with Crippen LogP contribution >= 0.6 is 34.8 Å². The van der Waals surface area contributed by atoms with Gasteiger partial charge in [0.25, 0.3) is 0 Å². The topological polar surface area (TPSA) is 26.0 Å². The average Bonchev–Trinajstić information content (AvgIpc) is 2.45. The number of hydrogen-bond acceptors (Lipinski definition) is 2. The van der Waals surface area contributed by atoms with Crippen molar-refractivity contribution in [2.24, 2.45) is 0 Å². The van der Waals surface area contributed by atoms with Crippen LogP contribution in [0.5, 0.6) is 0 Å². The molecule has 1 aromatic carbocycles. The summed E-state index contributed by atoms with van der Waals surface area (Å²) in [4.78, 5) is 0. The summed E-state index contributed by atoms with van der Waals surface area (Å²) in [6.45, 7) is 0. The molecule has 0 unspecified atom stereocenters. The van der Waals surface area contributed by atoms with Crippen molar-refractivity contribution in [2.75, 3.05) is 0 Å². The highest BCUT2D eigenvalue weighted by atomic mass is 35.6. The predicted octanol–water partition coefficient (Wildman–Crippen LogP) is 3.65. The third-order valence-corrected chi connectivity index (χ3v) is 2.18. The van der Waals surface area contributed by atoms with Gasteiger partial charge in [-0.3, -0.25) is 0 Å². The first-order valence-corrected chi connectivity index (χ1v) is 4.64. The van der Waals surface area contributed by atoms with Crippen molar-refractivity contribution >= 4 is 45.8 Å². The van der Waals surface area contributed by atoms with Gasteiger partial charge in [0.05, 0.1) is 0 Å². The fourth-order valence-electron chi connectivity index (χ4n) is 1.09. The number of nitrogens with zero attached hydrogens (tertiary/aromatic N) is 1. The van der Waals surface area contributed by atoms with E-state index >= 15 is 0 Å². The fourth-order valence-corrected chi connectivity index (χ4v) is 1.50. The van der Waals surface area contributed by atoms with E-state index in [-0.39, 0.29) is 0 Å². The number of para-hydroxylation sites is 1. The second kappa shape index (κ2) is 3.05. The summed E-state index contributed by atoms with van der Waals surface area (Å²) in [5, 5.41) is 4.42. The molecule has 0 fully saturated rings. The molecule has 1 heterocycles. The highest BCUT2D eigenvalue weighted by molar-refractivity contribution is 6.67. The van der Waals surface area contributed by atoms with Crippen LogP contribution in [0.25, 0.3) is 11.0 Å². The quantitative estimate of drug-likeness (QED) is 0.653. The van der Waals surface area contributed by atoms with E-state index in [0.717, 1.165) is 5.39 Å². The first-order chi connectivity index (χ1) is 6.09. The van der Waals surface area contributed by atoms with Crippen molar-refractivity contribution in [3.8, 4) is 0 Å². The summed E-state index contributed by atoms with van der Waals surface area (Å²) < 4.78 is 3.44. The highest BCUT2D eigenvalue weighted by Crippen LogP contribution is 2.40. The minimum Gasteiger partial charge on any atom is -0.356 e. The third kappa shape index (κ3) is 1.62. The Morgan fingerprint density at radius 2 is 1.85 bits per heavy atom. The van der Waals surface area contributed by atoms with Crippen LogP contribution in [0.15, 0.2) is 28.8 Å². The van der Waals surface area contributed by atoms with Gasteiger partial charge in [-0.1, -0.05) is 52.1 Å². The number of aromatic nitrogens is 1. The molecule has 1 aromatic heterocycles. The van der Waals surface area contributed by atoms with Crippen molar-refractivity contribution in [1.29, 1.82) is 0 Å². The Hall–Kier alpha value is -0.440. The van der Waals surface area contributed by atoms with Crippen molar-refractivity contribution in [3.05, 3.63) is 30.0 Å². The van der Waals surface area contributed by atoms with E-state index in [0.29, 0.717) is 11.3 Å². The lowest BCUT2D eigenvalue weighted by Gasteiger charge is -2.05. The maximum Gasteiger partial charge on any atom is 0.236 e. The first-order valence-electron chi connectivity index (χ1n) is 3.50. The summed E-state index contributed by atoms with van der Waals surface area (Å²) in [6, 6.07) is 7.22. The van der Waals surface area contributed by atoms with E-state index in [4.69, 9.17) is 39.3 Å². The molecule has 2 aromatic rings. The van der Waals surface area contributed by atoms with Gasteiger partial charge >= 0.3 is 0 Å². The molecule has 2 rings (SSSR count). The van der Waals surface area contributed by atoms with Gasteiger partial charge in [-0.15, -0.1) is 0 Å². The van der Waals surface area contributed by atoms with E-state index in [2.05, 4.69) is 5.16 Å². The van der Waals surface area contributed by atoms with Gasteiger partial charge in [0.2, 0.25) is 3.79 Å². The number of hydrogen-bond donors (Lipinski definition) is 0. The molecule has 13 heavy (non-hydrogen) atoms. The molecule has 0 aliphatic rings. The van der Waals surface area contributed by atoms with Crippen LogP contribution in [0, 0.1) is 0 Å². The maximum atomic E-state index is 5.69. The number of rotatable bonds is 0. The van der Waals surface area contributed by atoms with E-state index in [1.54, 1.807) is 12.1 Å². The second-order valence-corrected chi connectivity index (χ2v) is 4.81. The van der Waals surface area contributed by atoms with E-state index in [1.165, 1.54) is 0 Å². The smallest absolute Gasteiger partial charge is 0.236 e. The van der Waals surface area contributed by atoms with E-state index < -0.39 is 3.79 Å². The lowest BCUT2D eigenvalue weighted by molar-refractivity contribution is 0.447. The van der Waals surface area contributed by atoms with Crippen LogP contribution in [-0.4, -0.2) is 5.16 Å². The molecule has 0 bridgehead atoms. The summed E-state index contributed by atoms with van der Waals surface area (Å²) in [6.07, 6.45) is 0. The molecule has 0 atom stereocenters. The molecule has 5 heteroatoms. The van der Waals surface area contributed by atoms with Crippen LogP contribution < -0.4 is 0 Å². The maximum absolute atomic E-state index is 5.69. The Labute approximate surface area is 89.4 Å². The van der Waals surface area contributed by atoms with Gasteiger partial charge in [-0.25, -0.2) is 0 Å². The van der Waals surface area contributed by atoms with Crippen LogP contribution in [0.3, 0.4) is 0 Å². The summed E-state index contributed by atoms with van der Waals surface area (Å²) in [7, 11) is 0. The van der Waals surface area contributed by atoms with Gasteiger partial charge in [0.15, 0.2) is 5.58 Å². The van der Waals surface area contributed by atoms with E-state index in [1.807, 2.05) is 12.1 Å². The van der Waals surface area contributed by atoms with Crippen LogP contribution in [-0.2, 0) is 3.79 Å². The van der Waals surface area contributed by atoms with Gasteiger partial charge in [-0.05, 0) is 12.1 Å². The number of fused-ring (bicyclic) bond motifs is 1. The van der Waals surface area contributed by atoms with Crippen LogP contribution in [0.4, 0.5) is 0 Å². The molecular weight excluding hydrogens is 232 g/mol. The Morgan fingerprint density at radius 3 is 2.54 bits per heavy atom. The Bertz CT molecular complexity index is 432. The molecule has 0 spiro atoms. The summed E-state index contributed by atoms with van der Waals surface area (Å²) >= 11 is 17.1. The van der Waals surface area contributed by atoms with Gasteiger partial charge in [0, 0.05) is 5.39 Å². The Morgan fingerprint density at radius 1 is 1.15 bits per heavy atom. The zero-order valence-corrected chi connectivity index (χ0v) is 8.57. The lowest BCUT2D eigenvalue weighted by Crippen LogP contribution is -2.00. The van der Waals surface area contributed by atoms with Gasteiger partial charge in [-0.2, -0.15) is 0 Å². The molecule has 2 nitrogen and oxygen atoms in total. The second-order valence-electron chi connectivity index (χ2n) is 2.53. The minimum atomic E-state index is -1.54. The van der Waals surface area contributed by atoms with Crippen LogP contribution in [0.1, 0.15) is 5.69 Å². The normalized spacial score (nSPS) is 12.2. The van der Waals surface area contributed by atoms with Gasteiger partial charge in [0.1, 0.15) is 5.69 Å². The molecule has 0 saturated carbocycles. The summed E-state index contributed by atoms with van der Waals surface area (Å²) in [5.74, 6) is 0. The van der Waals surface area contributed by atoms with Crippen LogP contribution in [0.2, 0.25) is 0 Å². The Kier molecular flexibility index (Phi) is 2.14. The molecule has 0 aliphatic carbocycles. The molecule has 68 valence electrons. The predicted molar refractivity (Wildman–Crippen MR) is 53.2 cm³/mol. The zero-order valence-electron chi connectivity index (χ0n) is 6.30. The number of halogens is 3. The highest BCUT2D eigenvalue weighted by Gasteiger charge is 2.29.